The molecule has 1 amide bonds. The molecule has 6 nitrogen and oxygen atoms in total. The summed E-state index contributed by atoms with van der Waals surface area (Å²) in [6.45, 7) is 13.7. The largest absolute Gasteiger partial charge is 0.357 e. The third-order valence-electron chi connectivity index (χ3n) is 6.44. The van der Waals surface area contributed by atoms with E-state index in [-0.39, 0.29) is 35.3 Å². The quantitative estimate of drug-likeness (QED) is 0.360. The molecular formula is C20H38IN5O. The van der Waals surface area contributed by atoms with Gasteiger partial charge in [-0.15, -0.1) is 24.0 Å². The minimum absolute atomic E-state index is 0. The minimum atomic E-state index is 0. The molecule has 2 unspecified atom stereocenters. The first kappa shape index (κ1) is 22.7. The van der Waals surface area contributed by atoms with Crippen molar-refractivity contribution in [2.75, 3.05) is 45.8 Å². The molecule has 27 heavy (non-hydrogen) atoms. The SMILES string of the molecule is CCNC(=NCC(C)N1CCC(C)CC1)N1CCCC2(CNC(=O)C2)C1.I. The summed E-state index contributed by atoms with van der Waals surface area (Å²) in [5.41, 5.74) is 0.111. The van der Waals surface area contributed by atoms with Crippen molar-refractivity contribution in [3.63, 3.8) is 0 Å². The van der Waals surface area contributed by atoms with Crippen LogP contribution in [-0.4, -0.2) is 73.5 Å². The zero-order valence-corrected chi connectivity index (χ0v) is 19.6. The van der Waals surface area contributed by atoms with Gasteiger partial charge in [0.1, 0.15) is 0 Å². The van der Waals surface area contributed by atoms with E-state index in [0.29, 0.717) is 12.5 Å². The lowest BCUT2D eigenvalue weighted by Crippen LogP contribution is -2.51. The number of likely N-dealkylation sites (tertiary alicyclic amines) is 2. The fourth-order valence-electron chi connectivity index (χ4n) is 4.66. The molecule has 0 aromatic rings. The lowest BCUT2D eigenvalue weighted by molar-refractivity contribution is -0.119. The zero-order chi connectivity index (χ0) is 18.6. The topological polar surface area (TPSA) is 60.0 Å². The number of hydrogen-bond donors (Lipinski definition) is 2. The maximum absolute atomic E-state index is 11.8. The molecule has 7 heteroatoms. The van der Waals surface area contributed by atoms with Crippen molar-refractivity contribution < 1.29 is 4.79 Å². The molecule has 2 N–H and O–H groups in total. The molecule has 3 heterocycles. The average Bonchev–Trinajstić information content (AvgIpc) is 2.98. The molecule has 3 rings (SSSR count). The number of nitrogens with one attached hydrogen (secondary N) is 2. The maximum Gasteiger partial charge on any atom is 0.220 e. The highest BCUT2D eigenvalue weighted by atomic mass is 127. The number of hydrogen-bond acceptors (Lipinski definition) is 3. The second-order valence-corrected chi connectivity index (χ2v) is 8.74. The number of nitrogens with zero attached hydrogens (tertiary/aromatic N) is 3. The first-order valence-electron chi connectivity index (χ1n) is 10.6. The van der Waals surface area contributed by atoms with Crippen molar-refractivity contribution in [3.8, 4) is 0 Å². The number of carbonyl (C=O) groups excluding carboxylic acids is 1. The Morgan fingerprint density at radius 1 is 1.37 bits per heavy atom. The number of rotatable bonds is 4. The second-order valence-electron chi connectivity index (χ2n) is 8.74. The Hall–Kier alpha value is -0.570. The average molecular weight is 491 g/mol. The van der Waals surface area contributed by atoms with Crippen LogP contribution >= 0.6 is 24.0 Å². The summed E-state index contributed by atoms with van der Waals surface area (Å²) in [6.07, 6.45) is 5.57. The van der Waals surface area contributed by atoms with E-state index in [0.717, 1.165) is 57.4 Å². The van der Waals surface area contributed by atoms with Gasteiger partial charge in [-0.25, -0.2) is 0 Å². The summed E-state index contributed by atoms with van der Waals surface area (Å²) in [5, 5.41) is 6.52. The molecular weight excluding hydrogens is 453 g/mol. The smallest absolute Gasteiger partial charge is 0.220 e. The van der Waals surface area contributed by atoms with E-state index < -0.39 is 0 Å². The van der Waals surface area contributed by atoms with Crippen LogP contribution in [0, 0.1) is 11.3 Å². The molecule has 156 valence electrons. The van der Waals surface area contributed by atoms with Crippen LogP contribution in [0.5, 0.6) is 0 Å². The Kier molecular flexibility index (Phi) is 8.65. The summed E-state index contributed by atoms with van der Waals surface area (Å²) in [6, 6.07) is 0.490. The summed E-state index contributed by atoms with van der Waals surface area (Å²) in [7, 11) is 0. The molecule has 0 aromatic carbocycles. The standard InChI is InChI=1S/C20H37N5O.HI/c1-4-21-19(22-13-17(3)24-10-6-16(2)7-11-24)25-9-5-8-20(15-25)12-18(26)23-14-20;/h16-17H,4-15H2,1-3H3,(H,21,22)(H,23,26);1H. The van der Waals surface area contributed by atoms with Gasteiger partial charge in [-0.2, -0.15) is 0 Å². The number of piperidine rings is 2. The van der Waals surface area contributed by atoms with Gasteiger partial charge in [0.2, 0.25) is 5.91 Å². The van der Waals surface area contributed by atoms with Crippen molar-refractivity contribution in [1.29, 1.82) is 0 Å². The van der Waals surface area contributed by atoms with Crippen LogP contribution in [0.2, 0.25) is 0 Å². The van der Waals surface area contributed by atoms with Crippen LogP contribution in [0.3, 0.4) is 0 Å². The molecule has 0 aliphatic carbocycles. The first-order valence-corrected chi connectivity index (χ1v) is 10.6. The van der Waals surface area contributed by atoms with Gasteiger partial charge in [-0.1, -0.05) is 6.92 Å². The van der Waals surface area contributed by atoms with Crippen molar-refractivity contribution in [2.45, 2.75) is 58.9 Å². The predicted octanol–water partition coefficient (Wildman–Crippen LogP) is 2.29. The Morgan fingerprint density at radius 3 is 2.74 bits per heavy atom. The van der Waals surface area contributed by atoms with E-state index >= 15 is 0 Å². The normalized spacial score (nSPS) is 28.8. The van der Waals surface area contributed by atoms with Gasteiger partial charge in [0.15, 0.2) is 5.96 Å². The fourth-order valence-corrected chi connectivity index (χ4v) is 4.66. The van der Waals surface area contributed by atoms with Crippen LogP contribution in [-0.2, 0) is 4.79 Å². The highest BCUT2D eigenvalue weighted by Gasteiger charge is 2.42. The van der Waals surface area contributed by atoms with E-state index in [1.165, 1.54) is 25.9 Å². The van der Waals surface area contributed by atoms with Gasteiger partial charge in [0, 0.05) is 44.1 Å². The fraction of sp³-hybridized carbons (Fsp3) is 0.900. The Labute approximate surface area is 181 Å². The van der Waals surface area contributed by atoms with Crippen molar-refractivity contribution >= 4 is 35.8 Å². The van der Waals surface area contributed by atoms with Crippen LogP contribution in [0.1, 0.15) is 52.9 Å². The van der Waals surface area contributed by atoms with E-state index in [1.54, 1.807) is 0 Å². The highest BCUT2D eigenvalue weighted by molar-refractivity contribution is 14.0. The van der Waals surface area contributed by atoms with Crippen molar-refractivity contribution in [1.82, 2.24) is 20.4 Å². The molecule has 0 radical (unpaired) electrons. The Bertz CT molecular complexity index is 521. The third kappa shape index (κ3) is 5.95. The predicted molar refractivity (Wildman–Crippen MR) is 122 cm³/mol. The highest BCUT2D eigenvalue weighted by Crippen LogP contribution is 2.36. The molecule has 2 atom stereocenters. The lowest BCUT2D eigenvalue weighted by atomic mass is 9.79. The van der Waals surface area contributed by atoms with Crippen LogP contribution < -0.4 is 10.6 Å². The molecule has 0 aromatic heterocycles. The van der Waals surface area contributed by atoms with Crippen LogP contribution in [0.4, 0.5) is 0 Å². The first-order chi connectivity index (χ1) is 12.5. The van der Waals surface area contributed by atoms with Crippen LogP contribution in [0.25, 0.3) is 0 Å². The molecule has 3 fully saturated rings. The van der Waals surface area contributed by atoms with Crippen molar-refractivity contribution in [3.05, 3.63) is 0 Å². The molecule has 0 saturated carbocycles. The third-order valence-corrected chi connectivity index (χ3v) is 6.44. The lowest BCUT2D eigenvalue weighted by Gasteiger charge is -2.41. The summed E-state index contributed by atoms with van der Waals surface area (Å²) in [5.74, 6) is 2.11. The van der Waals surface area contributed by atoms with E-state index in [1.807, 2.05) is 0 Å². The van der Waals surface area contributed by atoms with Gasteiger partial charge in [0.25, 0.3) is 0 Å². The Balaban J connectivity index is 0.00000261. The minimum Gasteiger partial charge on any atom is -0.357 e. The number of guanidine groups is 1. The number of halogens is 1. The number of amides is 1. The monoisotopic (exact) mass is 491 g/mol. The van der Waals surface area contributed by atoms with Crippen molar-refractivity contribution in [2.24, 2.45) is 16.3 Å². The molecule has 0 bridgehead atoms. The van der Waals surface area contributed by atoms with Crippen LogP contribution in [0.15, 0.2) is 4.99 Å². The molecule has 1 spiro atoms. The summed E-state index contributed by atoms with van der Waals surface area (Å²) < 4.78 is 0. The summed E-state index contributed by atoms with van der Waals surface area (Å²) in [4.78, 5) is 21.7. The van der Waals surface area contributed by atoms with Gasteiger partial charge in [-0.3, -0.25) is 14.7 Å². The van der Waals surface area contributed by atoms with Gasteiger partial charge < -0.3 is 15.5 Å². The van der Waals surface area contributed by atoms with Gasteiger partial charge in [-0.05, 0) is 58.5 Å². The van der Waals surface area contributed by atoms with E-state index in [9.17, 15) is 4.79 Å². The number of carbonyl (C=O) groups is 1. The van der Waals surface area contributed by atoms with E-state index in [2.05, 4.69) is 41.2 Å². The van der Waals surface area contributed by atoms with Gasteiger partial charge in [0.05, 0.1) is 6.54 Å². The Morgan fingerprint density at radius 2 is 2.11 bits per heavy atom. The molecule has 3 aliphatic rings. The molecule has 3 aliphatic heterocycles. The maximum atomic E-state index is 11.8. The molecule has 3 saturated heterocycles. The second kappa shape index (κ2) is 10.3. The summed E-state index contributed by atoms with van der Waals surface area (Å²) >= 11 is 0. The zero-order valence-electron chi connectivity index (χ0n) is 17.3. The number of aliphatic imine (C=N–C) groups is 1. The van der Waals surface area contributed by atoms with Gasteiger partial charge >= 0.3 is 0 Å². The van der Waals surface area contributed by atoms with E-state index in [4.69, 9.17) is 4.99 Å².